The van der Waals surface area contributed by atoms with Crippen LogP contribution in [0.25, 0.3) is 10.9 Å². The largest absolute Gasteiger partial charge is 0.493 e. The third-order valence-corrected chi connectivity index (χ3v) is 3.92. The molecule has 0 amide bonds. The van der Waals surface area contributed by atoms with E-state index in [1.807, 2.05) is 48.0 Å². The van der Waals surface area contributed by atoms with Crippen LogP contribution in [0.4, 0.5) is 4.39 Å². The van der Waals surface area contributed by atoms with E-state index in [9.17, 15) is 4.39 Å². The fraction of sp³-hybridized carbons (Fsp3) is 0.176. The van der Waals surface area contributed by atoms with Crippen molar-refractivity contribution in [1.29, 1.82) is 0 Å². The molecular weight excluding hydrogens is 333 g/mol. The highest BCUT2D eigenvalue weighted by molar-refractivity contribution is 9.10. The molecule has 0 unspecified atom stereocenters. The molecule has 1 heterocycles. The van der Waals surface area contributed by atoms with Crippen molar-refractivity contribution in [2.24, 2.45) is 0 Å². The Bertz CT molecular complexity index is 782. The number of fused-ring (bicyclic) bond motifs is 1. The van der Waals surface area contributed by atoms with Crippen molar-refractivity contribution >= 4 is 26.8 Å². The second-order valence-corrected chi connectivity index (χ2v) is 5.72. The molecule has 0 fully saturated rings. The van der Waals surface area contributed by atoms with E-state index in [1.54, 1.807) is 6.07 Å². The molecule has 1 aromatic heterocycles. The van der Waals surface area contributed by atoms with Gasteiger partial charge in [-0.15, -0.1) is 0 Å². The highest BCUT2D eigenvalue weighted by atomic mass is 79.9. The van der Waals surface area contributed by atoms with Crippen LogP contribution in [0, 0.1) is 5.82 Å². The van der Waals surface area contributed by atoms with Crippen LogP contribution in [0.2, 0.25) is 0 Å². The number of hydrogen-bond donors (Lipinski definition) is 0. The Hall–Kier alpha value is -1.81. The van der Waals surface area contributed by atoms with E-state index in [0.29, 0.717) is 18.7 Å². The quantitative estimate of drug-likeness (QED) is 0.648. The molecule has 2 nitrogen and oxygen atoms in total. The van der Waals surface area contributed by atoms with Gasteiger partial charge in [-0.1, -0.05) is 22.0 Å². The average Bonchev–Trinajstić information content (AvgIpc) is 2.88. The molecule has 0 N–H and O–H groups in total. The smallest absolute Gasteiger partial charge is 0.128 e. The molecule has 0 saturated carbocycles. The zero-order chi connectivity index (χ0) is 14.8. The first-order valence-electron chi connectivity index (χ1n) is 6.83. The molecular formula is C17H15BrFNO. The van der Waals surface area contributed by atoms with Crippen LogP contribution >= 0.6 is 15.9 Å². The maximum atomic E-state index is 13.9. The number of ether oxygens (including phenoxy) is 1. The fourth-order valence-corrected chi connectivity index (χ4v) is 2.87. The number of benzene rings is 2. The lowest BCUT2D eigenvalue weighted by atomic mass is 10.2. The number of nitrogens with zero attached hydrogens (tertiary/aromatic N) is 1. The van der Waals surface area contributed by atoms with Crippen LogP contribution in [0.5, 0.6) is 5.75 Å². The van der Waals surface area contributed by atoms with Crippen LogP contribution in [0.3, 0.4) is 0 Å². The Morgan fingerprint density at radius 3 is 2.86 bits per heavy atom. The second-order valence-electron chi connectivity index (χ2n) is 4.80. The van der Waals surface area contributed by atoms with Gasteiger partial charge in [0.1, 0.15) is 11.6 Å². The minimum atomic E-state index is -0.194. The van der Waals surface area contributed by atoms with Gasteiger partial charge < -0.3 is 9.30 Å². The summed E-state index contributed by atoms with van der Waals surface area (Å²) in [5, 5.41) is 1.05. The topological polar surface area (TPSA) is 14.2 Å². The molecule has 0 bridgehead atoms. The van der Waals surface area contributed by atoms with Crippen LogP contribution in [0.1, 0.15) is 12.5 Å². The van der Waals surface area contributed by atoms with E-state index in [-0.39, 0.29) is 5.82 Å². The lowest BCUT2D eigenvalue weighted by Crippen LogP contribution is -2.00. The number of rotatable bonds is 4. The monoisotopic (exact) mass is 347 g/mol. The van der Waals surface area contributed by atoms with Gasteiger partial charge in [-0.2, -0.15) is 0 Å². The zero-order valence-corrected chi connectivity index (χ0v) is 13.2. The van der Waals surface area contributed by atoms with Crippen molar-refractivity contribution < 1.29 is 9.13 Å². The summed E-state index contributed by atoms with van der Waals surface area (Å²) in [6.07, 6.45) is 1.97. The Morgan fingerprint density at radius 2 is 2.05 bits per heavy atom. The fourth-order valence-electron chi connectivity index (χ4n) is 2.46. The Kier molecular flexibility index (Phi) is 3.97. The van der Waals surface area contributed by atoms with Gasteiger partial charge in [0.15, 0.2) is 0 Å². The Morgan fingerprint density at radius 1 is 1.19 bits per heavy atom. The van der Waals surface area contributed by atoms with Crippen molar-refractivity contribution in [3.05, 3.63) is 64.5 Å². The third-order valence-electron chi connectivity index (χ3n) is 3.42. The number of halogens is 2. The molecule has 0 aliphatic rings. The molecule has 3 rings (SSSR count). The second kappa shape index (κ2) is 5.90. The van der Waals surface area contributed by atoms with Gasteiger partial charge in [0.05, 0.1) is 18.7 Å². The minimum absolute atomic E-state index is 0.194. The lowest BCUT2D eigenvalue weighted by Gasteiger charge is -2.09. The Balaban J connectivity index is 2.01. The van der Waals surface area contributed by atoms with Crippen LogP contribution < -0.4 is 4.74 Å². The summed E-state index contributed by atoms with van der Waals surface area (Å²) in [4.78, 5) is 0. The van der Waals surface area contributed by atoms with E-state index < -0.39 is 0 Å². The molecule has 0 aliphatic heterocycles. The number of hydrogen-bond acceptors (Lipinski definition) is 1. The predicted octanol–water partition coefficient (Wildman–Crippen LogP) is 4.99. The summed E-state index contributed by atoms with van der Waals surface area (Å²) in [5.74, 6) is 0.671. The highest BCUT2D eigenvalue weighted by Gasteiger charge is 2.09. The highest BCUT2D eigenvalue weighted by Crippen LogP contribution is 2.27. The van der Waals surface area contributed by atoms with Gasteiger partial charge in [0.25, 0.3) is 0 Å². The van der Waals surface area contributed by atoms with Crippen LogP contribution in [-0.4, -0.2) is 11.2 Å². The average molecular weight is 348 g/mol. The molecule has 0 radical (unpaired) electrons. The maximum Gasteiger partial charge on any atom is 0.128 e. The lowest BCUT2D eigenvalue weighted by molar-refractivity contribution is 0.344. The van der Waals surface area contributed by atoms with E-state index in [0.717, 1.165) is 21.1 Å². The molecule has 3 aromatic rings. The van der Waals surface area contributed by atoms with Crippen molar-refractivity contribution in [3.63, 3.8) is 0 Å². The van der Waals surface area contributed by atoms with Crippen molar-refractivity contribution in [1.82, 2.24) is 4.57 Å². The molecule has 0 atom stereocenters. The number of aromatic nitrogens is 1. The van der Waals surface area contributed by atoms with Crippen molar-refractivity contribution in [2.75, 3.05) is 6.61 Å². The standard InChI is InChI=1S/C17H15BrFNO/c1-2-21-17-5-3-4-16-14(17)8-9-20(16)11-12-10-13(18)6-7-15(12)19/h3-10H,2,11H2,1H3. The summed E-state index contributed by atoms with van der Waals surface area (Å²) in [7, 11) is 0. The maximum absolute atomic E-state index is 13.9. The summed E-state index contributed by atoms with van der Waals surface area (Å²) in [6, 6.07) is 12.9. The van der Waals surface area contributed by atoms with Gasteiger partial charge in [-0.05, 0) is 43.3 Å². The summed E-state index contributed by atoms with van der Waals surface area (Å²) < 4.78 is 22.4. The Labute approximate surface area is 131 Å². The molecule has 108 valence electrons. The van der Waals surface area contributed by atoms with E-state index in [1.165, 1.54) is 6.07 Å². The van der Waals surface area contributed by atoms with Crippen LogP contribution in [0.15, 0.2) is 53.1 Å². The molecule has 4 heteroatoms. The molecule has 0 spiro atoms. The van der Waals surface area contributed by atoms with E-state index in [2.05, 4.69) is 15.9 Å². The van der Waals surface area contributed by atoms with Gasteiger partial charge >= 0.3 is 0 Å². The van der Waals surface area contributed by atoms with Gasteiger partial charge in [-0.3, -0.25) is 0 Å². The normalized spacial score (nSPS) is 11.0. The molecule has 21 heavy (non-hydrogen) atoms. The van der Waals surface area contributed by atoms with E-state index in [4.69, 9.17) is 4.74 Å². The summed E-state index contributed by atoms with van der Waals surface area (Å²) in [5.41, 5.74) is 1.70. The third kappa shape index (κ3) is 2.81. The van der Waals surface area contributed by atoms with E-state index >= 15 is 0 Å². The van der Waals surface area contributed by atoms with Gasteiger partial charge in [-0.25, -0.2) is 4.39 Å². The first-order chi connectivity index (χ1) is 10.2. The predicted molar refractivity (Wildman–Crippen MR) is 86.3 cm³/mol. The SMILES string of the molecule is CCOc1cccc2c1ccn2Cc1cc(Br)ccc1F. The molecule has 2 aromatic carbocycles. The molecule has 0 aliphatic carbocycles. The first kappa shape index (κ1) is 14.1. The van der Waals surface area contributed by atoms with Crippen LogP contribution in [-0.2, 0) is 6.54 Å². The van der Waals surface area contributed by atoms with Gasteiger partial charge in [0.2, 0.25) is 0 Å². The molecule has 0 saturated heterocycles. The van der Waals surface area contributed by atoms with Crippen molar-refractivity contribution in [2.45, 2.75) is 13.5 Å². The summed E-state index contributed by atoms with van der Waals surface area (Å²) in [6.45, 7) is 3.08. The minimum Gasteiger partial charge on any atom is -0.493 e. The van der Waals surface area contributed by atoms with Gasteiger partial charge in [0, 0.05) is 21.6 Å². The zero-order valence-electron chi connectivity index (χ0n) is 11.6. The summed E-state index contributed by atoms with van der Waals surface area (Å²) >= 11 is 3.39. The first-order valence-corrected chi connectivity index (χ1v) is 7.63. The van der Waals surface area contributed by atoms with Crippen molar-refractivity contribution in [3.8, 4) is 5.75 Å².